The minimum Gasteiger partial charge on any atom is -0.458 e. The van der Waals surface area contributed by atoms with Gasteiger partial charge in [0.25, 0.3) is 0 Å². The molecule has 4 aliphatic rings. The molecule has 37 heavy (non-hydrogen) atoms. The van der Waals surface area contributed by atoms with Crippen molar-refractivity contribution in [1.82, 2.24) is 10.6 Å². The van der Waals surface area contributed by atoms with Gasteiger partial charge in [-0.2, -0.15) is 0 Å². The summed E-state index contributed by atoms with van der Waals surface area (Å²) >= 11 is 0. The van der Waals surface area contributed by atoms with Crippen LogP contribution in [0.1, 0.15) is 69.3 Å². The van der Waals surface area contributed by atoms with Gasteiger partial charge in [-0.25, -0.2) is 0 Å². The molecule has 1 saturated heterocycles. The number of dihydropyridines is 2. The molecule has 1 aromatic carbocycles. The Labute approximate surface area is 220 Å². The van der Waals surface area contributed by atoms with Crippen LogP contribution in [0, 0.1) is 5.92 Å². The molecule has 196 valence electrons. The first-order valence-electron chi connectivity index (χ1n) is 13.5. The Balaban J connectivity index is 1.34. The fraction of sp³-hybridized carbons (Fsp3) is 0.452. The topological polar surface area (TPSA) is 68.8 Å². The quantitative estimate of drug-likeness (QED) is 0.441. The molecule has 0 bridgehead atoms. The van der Waals surface area contributed by atoms with Crippen LogP contribution in [0.25, 0.3) is 5.76 Å². The molecule has 4 heterocycles. The minimum absolute atomic E-state index is 0.0164. The summed E-state index contributed by atoms with van der Waals surface area (Å²) in [6.45, 7) is 8.99. The third-order valence-corrected chi connectivity index (χ3v) is 7.64. The summed E-state index contributed by atoms with van der Waals surface area (Å²) in [5, 5.41) is 6.85. The number of rotatable bonds is 8. The van der Waals surface area contributed by atoms with Crippen molar-refractivity contribution in [2.45, 2.75) is 77.4 Å². The summed E-state index contributed by atoms with van der Waals surface area (Å²) in [6, 6.07) is 7.69. The first-order valence-corrected chi connectivity index (χ1v) is 13.5. The van der Waals surface area contributed by atoms with E-state index in [1.807, 2.05) is 50.5 Å². The molecule has 5 rings (SSSR count). The van der Waals surface area contributed by atoms with Crippen LogP contribution in [0.4, 0.5) is 0 Å². The van der Waals surface area contributed by atoms with Crippen LogP contribution in [0.3, 0.4) is 0 Å². The Bertz CT molecular complexity index is 1170. The molecule has 0 amide bonds. The van der Waals surface area contributed by atoms with Crippen molar-refractivity contribution in [2.24, 2.45) is 5.92 Å². The van der Waals surface area contributed by atoms with Crippen molar-refractivity contribution < 1.29 is 19.0 Å². The summed E-state index contributed by atoms with van der Waals surface area (Å²) in [4.78, 5) is 12.5. The summed E-state index contributed by atoms with van der Waals surface area (Å²) in [7, 11) is 0. The number of allylic oxidation sites excluding steroid dienone is 4. The molecule has 0 saturated carbocycles. The average molecular weight is 503 g/mol. The van der Waals surface area contributed by atoms with E-state index in [-0.39, 0.29) is 30.1 Å². The average Bonchev–Trinajstić information content (AvgIpc) is 3.37. The van der Waals surface area contributed by atoms with E-state index in [0.29, 0.717) is 0 Å². The largest absolute Gasteiger partial charge is 0.458 e. The van der Waals surface area contributed by atoms with E-state index in [0.717, 1.165) is 66.1 Å². The Morgan fingerprint density at radius 3 is 2.62 bits per heavy atom. The van der Waals surface area contributed by atoms with Crippen molar-refractivity contribution in [2.75, 3.05) is 6.61 Å². The predicted octanol–water partition coefficient (Wildman–Crippen LogP) is 5.76. The predicted molar refractivity (Wildman–Crippen MR) is 145 cm³/mol. The first kappa shape index (κ1) is 25.6. The lowest BCUT2D eigenvalue weighted by molar-refractivity contribution is -0.219. The van der Waals surface area contributed by atoms with Gasteiger partial charge in [0.15, 0.2) is 12.1 Å². The molecular weight excluding hydrogens is 464 g/mol. The van der Waals surface area contributed by atoms with Crippen LogP contribution >= 0.6 is 0 Å². The van der Waals surface area contributed by atoms with Gasteiger partial charge < -0.3 is 24.8 Å². The van der Waals surface area contributed by atoms with Gasteiger partial charge >= 0.3 is 0 Å². The Hall–Kier alpha value is -3.09. The molecule has 1 fully saturated rings. The number of Topliss-reactive ketones (excluding diaryl/α,β-unsaturated/α-hetero) is 1. The van der Waals surface area contributed by atoms with Gasteiger partial charge in [-0.05, 0) is 75.7 Å². The number of fused-ring (bicyclic) bond motifs is 1. The summed E-state index contributed by atoms with van der Waals surface area (Å²) in [5.74, 6) is 1.88. The monoisotopic (exact) mass is 502 g/mol. The Morgan fingerprint density at radius 1 is 1.11 bits per heavy atom. The molecule has 4 atom stereocenters. The second-order valence-electron chi connectivity index (χ2n) is 10.8. The second kappa shape index (κ2) is 10.7. The normalized spacial score (nSPS) is 25.9. The lowest BCUT2D eigenvalue weighted by Gasteiger charge is -2.38. The standard InChI is InChI=1S/C31H38N2O4/c1-5-20(2)29(34)22-11-9-21(10-12-22)26-19-25-30(36-26)24(14-16-32-25)23-13-15-33-27(18-23)31(3,4)37-28-8-6-7-17-35-28/h9-16,18-20,25,27-28,32-33H,5-8,17H2,1-4H3/t20-,25?,27?,28?/m0/s1. The maximum atomic E-state index is 12.5. The van der Waals surface area contributed by atoms with Crippen molar-refractivity contribution >= 4 is 11.5 Å². The fourth-order valence-electron chi connectivity index (χ4n) is 5.09. The lowest BCUT2D eigenvalue weighted by Crippen LogP contribution is -2.49. The maximum Gasteiger partial charge on any atom is 0.165 e. The van der Waals surface area contributed by atoms with Crippen molar-refractivity contribution in [3.05, 3.63) is 89.0 Å². The molecule has 0 spiro atoms. The zero-order chi connectivity index (χ0) is 26.0. The van der Waals surface area contributed by atoms with Crippen molar-refractivity contribution in [3.8, 4) is 0 Å². The van der Waals surface area contributed by atoms with E-state index in [1.54, 1.807) is 0 Å². The molecule has 3 unspecified atom stereocenters. The summed E-state index contributed by atoms with van der Waals surface area (Å²) < 4.78 is 18.6. The van der Waals surface area contributed by atoms with Gasteiger partial charge in [0.05, 0.1) is 11.6 Å². The molecular formula is C31H38N2O4. The number of hydrogen-bond donors (Lipinski definition) is 2. The maximum absolute atomic E-state index is 12.5. The summed E-state index contributed by atoms with van der Waals surface area (Å²) in [5.41, 5.74) is 3.39. The molecule has 0 aromatic heterocycles. The van der Waals surface area contributed by atoms with Crippen LogP contribution in [-0.2, 0) is 14.2 Å². The number of hydrogen-bond acceptors (Lipinski definition) is 6. The minimum atomic E-state index is -0.451. The Kier molecular flexibility index (Phi) is 7.40. The summed E-state index contributed by atoms with van der Waals surface area (Å²) in [6.07, 6.45) is 16.3. The molecule has 4 aliphatic heterocycles. The second-order valence-corrected chi connectivity index (χ2v) is 10.8. The smallest absolute Gasteiger partial charge is 0.165 e. The van der Waals surface area contributed by atoms with E-state index in [4.69, 9.17) is 14.2 Å². The molecule has 2 N–H and O–H groups in total. The van der Waals surface area contributed by atoms with Gasteiger partial charge in [-0.3, -0.25) is 4.79 Å². The molecule has 6 heteroatoms. The molecule has 1 aromatic rings. The SMILES string of the molecule is CC[C@H](C)C(=O)c1ccc(C2=CC3NC=CC(C4=CC(C(C)(C)OC5CCCCO5)NC=C4)=C3O2)cc1. The van der Waals surface area contributed by atoms with Gasteiger partial charge in [-0.1, -0.05) is 44.2 Å². The zero-order valence-corrected chi connectivity index (χ0v) is 22.3. The van der Waals surface area contributed by atoms with Gasteiger partial charge in [0, 0.05) is 29.2 Å². The third kappa shape index (κ3) is 5.46. The van der Waals surface area contributed by atoms with Crippen LogP contribution in [-0.4, -0.2) is 36.4 Å². The number of benzene rings is 1. The Morgan fingerprint density at radius 2 is 1.89 bits per heavy atom. The highest BCUT2D eigenvalue weighted by atomic mass is 16.7. The zero-order valence-electron chi connectivity index (χ0n) is 22.3. The number of ketones is 1. The number of carbonyl (C=O) groups is 1. The van der Waals surface area contributed by atoms with Crippen molar-refractivity contribution in [3.63, 3.8) is 0 Å². The lowest BCUT2D eigenvalue weighted by atomic mass is 9.90. The van der Waals surface area contributed by atoms with E-state index in [1.165, 1.54) is 0 Å². The molecule has 6 nitrogen and oxygen atoms in total. The highest BCUT2D eigenvalue weighted by molar-refractivity contribution is 5.97. The van der Waals surface area contributed by atoms with E-state index < -0.39 is 5.60 Å². The van der Waals surface area contributed by atoms with Gasteiger partial charge in [0.1, 0.15) is 17.6 Å². The molecule has 0 aliphatic carbocycles. The van der Waals surface area contributed by atoms with Crippen LogP contribution in [0.5, 0.6) is 0 Å². The first-order chi connectivity index (χ1) is 17.9. The number of ether oxygens (including phenoxy) is 3. The van der Waals surface area contributed by atoms with Crippen molar-refractivity contribution in [1.29, 1.82) is 0 Å². The highest BCUT2D eigenvalue weighted by Gasteiger charge is 2.35. The van der Waals surface area contributed by atoms with E-state index in [9.17, 15) is 4.79 Å². The van der Waals surface area contributed by atoms with E-state index >= 15 is 0 Å². The van der Waals surface area contributed by atoms with Crippen LogP contribution in [0.15, 0.2) is 77.9 Å². The third-order valence-electron chi connectivity index (χ3n) is 7.64. The highest BCUT2D eigenvalue weighted by Crippen LogP contribution is 2.37. The van der Waals surface area contributed by atoms with Crippen LogP contribution in [0.2, 0.25) is 0 Å². The van der Waals surface area contributed by atoms with Crippen LogP contribution < -0.4 is 10.6 Å². The fourth-order valence-corrected chi connectivity index (χ4v) is 5.09. The van der Waals surface area contributed by atoms with Gasteiger partial charge in [-0.15, -0.1) is 0 Å². The van der Waals surface area contributed by atoms with Gasteiger partial charge in [0.2, 0.25) is 0 Å². The van der Waals surface area contributed by atoms with E-state index in [2.05, 4.69) is 48.8 Å². The number of carbonyl (C=O) groups excluding carboxylic acids is 1. The molecule has 0 radical (unpaired) electrons. The number of nitrogens with one attached hydrogen (secondary N) is 2.